The highest BCUT2D eigenvalue weighted by molar-refractivity contribution is 6.02. The number of nitrogen functional groups attached to an aromatic ring is 1. The molecule has 1 aromatic carbocycles. The van der Waals surface area contributed by atoms with Gasteiger partial charge in [0.05, 0.1) is 10.5 Å². The minimum absolute atomic E-state index is 0.0317. The third kappa shape index (κ3) is 2.25. The van der Waals surface area contributed by atoms with Crippen LogP contribution in [0.25, 0.3) is 0 Å². The first-order valence-electron chi connectivity index (χ1n) is 5.53. The Hall–Kier alpha value is -2.15. The topological polar surface area (TPSA) is 110 Å². The van der Waals surface area contributed by atoms with Crippen molar-refractivity contribution >= 4 is 17.3 Å². The van der Waals surface area contributed by atoms with Gasteiger partial charge in [0.15, 0.2) is 0 Å². The highest BCUT2D eigenvalue weighted by atomic mass is 16.6. The number of nitro groups is 1. The fraction of sp³-hybridized carbons (Fsp3) is 0.364. The third-order valence-electron chi connectivity index (χ3n) is 3.04. The van der Waals surface area contributed by atoms with Gasteiger partial charge in [0.2, 0.25) is 0 Å². The molecule has 1 amide bonds. The molecule has 1 aromatic rings. The number of anilines is 1. The van der Waals surface area contributed by atoms with Gasteiger partial charge in [-0.1, -0.05) is 6.07 Å². The molecule has 1 aliphatic carbocycles. The molecule has 4 N–H and O–H groups in total. The first-order valence-corrected chi connectivity index (χ1v) is 5.53. The van der Waals surface area contributed by atoms with E-state index in [0.717, 1.165) is 12.8 Å². The number of para-hydroxylation sites is 1. The van der Waals surface area contributed by atoms with Crippen molar-refractivity contribution in [1.82, 2.24) is 5.32 Å². The molecule has 18 heavy (non-hydrogen) atoms. The van der Waals surface area contributed by atoms with E-state index in [-0.39, 0.29) is 28.4 Å². The average Bonchev–Trinajstić information content (AvgIpc) is 3.05. The van der Waals surface area contributed by atoms with E-state index in [2.05, 4.69) is 10.7 Å². The Balaban J connectivity index is 2.34. The molecule has 0 atom stereocenters. The van der Waals surface area contributed by atoms with E-state index in [9.17, 15) is 14.9 Å². The van der Waals surface area contributed by atoms with E-state index in [0.29, 0.717) is 0 Å². The van der Waals surface area contributed by atoms with Crippen LogP contribution in [0.2, 0.25) is 0 Å². The molecule has 0 unspecified atom stereocenters. The largest absolute Gasteiger partial charge is 0.347 e. The number of nitrogens with two attached hydrogens (primary N) is 1. The summed E-state index contributed by atoms with van der Waals surface area (Å²) in [4.78, 5) is 22.3. The van der Waals surface area contributed by atoms with E-state index in [1.165, 1.54) is 18.2 Å². The second kappa shape index (κ2) is 4.26. The van der Waals surface area contributed by atoms with Gasteiger partial charge in [0.25, 0.3) is 11.6 Å². The minimum Gasteiger partial charge on any atom is -0.347 e. The van der Waals surface area contributed by atoms with Crippen LogP contribution in [-0.2, 0) is 0 Å². The number of hydrazine groups is 1. The molecule has 0 saturated heterocycles. The van der Waals surface area contributed by atoms with Crippen LogP contribution in [0.15, 0.2) is 18.2 Å². The first-order chi connectivity index (χ1) is 8.47. The number of carbonyl (C=O) groups is 1. The van der Waals surface area contributed by atoms with E-state index in [1.54, 1.807) is 0 Å². The van der Waals surface area contributed by atoms with E-state index in [4.69, 9.17) is 5.84 Å². The number of nitrogens with zero attached hydrogens (tertiary/aromatic N) is 1. The summed E-state index contributed by atoms with van der Waals surface area (Å²) >= 11 is 0. The van der Waals surface area contributed by atoms with Crippen molar-refractivity contribution in [3.63, 3.8) is 0 Å². The van der Waals surface area contributed by atoms with Gasteiger partial charge in [0, 0.05) is 11.6 Å². The third-order valence-corrected chi connectivity index (χ3v) is 3.04. The molecule has 2 rings (SSSR count). The molecule has 0 spiro atoms. The van der Waals surface area contributed by atoms with Gasteiger partial charge in [0.1, 0.15) is 5.69 Å². The van der Waals surface area contributed by atoms with Gasteiger partial charge in [-0.15, -0.1) is 0 Å². The number of carbonyl (C=O) groups excluding carboxylic acids is 1. The summed E-state index contributed by atoms with van der Waals surface area (Å²) in [5.74, 6) is 4.92. The van der Waals surface area contributed by atoms with Gasteiger partial charge >= 0.3 is 0 Å². The lowest BCUT2D eigenvalue weighted by molar-refractivity contribution is -0.384. The Labute approximate surface area is 103 Å². The fourth-order valence-electron chi connectivity index (χ4n) is 1.69. The molecule has 0 heterocycles. The summed E-state index contributed by atoms with van der Waals surface area (Å²) in [5.41, 5.74) is 2.04. The van der Waals surface area contributed by atoms with Crippen molar-refractivity contribution < 1.29 is 9.72 Å². The zero-order chi connectivity index (χ0) is 13.3. The van der Waals surface area contributed by atoms with E-state index >= 15 is 0 Å². The average molecular weight is 250 g/mol. The molecule has 1 aliphatic rings. The molecule has 96 valence electrons. The van der Waals surface area contributed by atoms with Crippen LogP contribution in [0, 0.1) is 10.1 Å². The molecule has 0 aromatic heterocycles. The van der Waals surface area contributed by atoms with Crippen LogP contribution in [-0.4, -0.2) is 16.4 Å². The highest BCUT2D eigenvalue weighted by Crippen LogP contribution is 2.35. The van der Waals surface area contributed by atoms with Gasteiger partial charge in [-0.05, 0) is 25.8 Å². The number of benzene rings is 1. The summed E-state index contributed by atoms with van der Waals surface area (Å²) in [6.45, 7) is 1.93. The van der Waals surface area contributed by atoms with Crippen LogP contribution in [0.4, 0.5) is 11.4 Å². The summed E-state index contributed by atoms with van der Waals surface area (Å²) in [7, 11) is 0. The van der Waals surface area contributed by atoms with Crippen molar-refractivity contribution in [2.45, 2.75) is 25.3 Å². The second-order valence-corrected chi connectivity index (χ2v) is 4.62. The van der Waals surface area contributed by atoms with Gasteiger partial charge < -0.3 is 10.7 Å². The van der Waals surface area contributed by atoms with Gasteiger partial charge in [-0.2, -0.15) is 0 Å². The highest BCUT2D eigenvalue weighted by Gasteiger charge is 2.39. The molecule has 1 fully saturated rings. The summed E-state index contributed by atoms with van der Waals surface area (Å²) < 4.78 is 0. The standard InChI is InChI=1S/C11H14N4O3/c1-11(5-6-11)13-10(16)7-3-2-4-8(15(17)18)9(7)14-12/h2-4,14H,5-6,12H2,1H3,(H,13,16). The predicted octanol–water partition coefficient (Wildman–Crippen LogP) is 1.16. The van der Waals surface area contributed by atoms with Crippen molar-refractivity contribution in [1.29, 1.82) is 0 Å². The van der Waals surface area contributed by atoms with Crippen LogP contribution in [0.1, 0.15) is 30.1 Å². The Kier molecular flexibility index (Phi) is 2.92. The number of nitro benzene ring substituents is 1. The maximum Gasteiger partial charge on any atom is 0.294 e. The number of amides is 1. The molecule has 0 bridgehead atoms. The lowest BCUT2D eigenvalue weighted by atomic mass is 10.1. The normalized spacial score (nSPS) is 15.9. The number of nitrogens with one attached hydrogen (secondary N) is 2. The Bertz CT molecular complexity index is 511. The van der Waals surface area contributed by atoms with E-state index in [1.807, 2.05) is 6.92 Å². The lowest BCUT2D eigenvalue weighted by Gasteiger charge is -2.13. The molecule has 7 nitrogen and oxygen atoms in total. The SMILES string of the molecule is CC1(NC(=O)c2cccc([N+](=O)[O-])c2NN)CC1. The molecule has 7 heteroatoms. The maximum absolute atomic E-state index is 12.0. The first kappa shape index (κ1) is 12.3. The maximum atomic E-state index is 12.0. The Morgan fingerprint density at radius 2 is 2.17 bits per heavy atom. The lowest BCUT2D eigenvalue weighted by Crippen LogP contribution is -2.35. The summed E-state index contributed by atoms with van der Waals surface area (Å²) in [5, 5.41) is 13.7. The van der Waals surface area contributed by atoms with Crippen molar-refractivity contribution in [3.05, 3.63) is 33.9 Å². The number of hydrogen-bond acceptors (Lipinski definition) is 5. The minimum atomic E-state index is -0.579. The quantitative estimate of drug-likeness (QED) is 0.422. The summed E-state index contributed by atoms with van der Waals surface area (Å²) in [6, 6.07) is 4.26. The van der Waals surface area contributed by atoms with Crippen LogP contribution in [0.5, 0.6) is 0 Å². The van der Waals surface area contributed by atoms with Crippen molar-refractivity contribution in [3.8, 4) is 0 Å². The van der Waals surface area contributed by atoms with Gasteiger partial charge in [-0.3, -0.25) is 20.8 Å². The van der Waals surface area contributed by atoms with Gasteiger partial charge in [-0.25, -0.2) is 0 Å². The zero-order valence-corrected chi connectivity index (χ0v) is 9.90. The van der Waals surface area contributed by atoms with E-state index < -0.39 is 4.92 Å². The molecule has 0 aliphatic heterocycles. The molecular weight excluding hydrogens is 236 g/mol. The Morgan fingerprint density at radius 3 is 2.67 bits per heavy atom. The molecule has 1 saturated carbocycles. The molecular formula is C11H14N4O3. The monoisotopic (exact) mass is 250 g/mol. The molecule has 0 radical (unpaired) electrons. The number of rotatable bonds is 4. The zero-order valence-electron chi connectivity index (χ0n) is 9.90. The fourth-order valence-corrected chi connectivity index (χ4v) is 1.69. The van der Waals surface area contributed by atoms with Crippen LogP contribution < -0.4 is 16.6 Å². The predicted molar refractivity (Wildman–Crippen MR) is 66.0 cm³/mol. The van der Waals surface area contributed by atoms with Crippen LogP contribution >= 0.6 is 0 Å². The second-order valence-electron chi connectivity index (χ2n) is 4.62. The Morgan fingerprint density at radius 1 is 1.50 bits per heavy atom. The van der Waals surface area contributed by atoms with Crippen LogP contribution in [0.3, 0.4) is 0 Å². The van der Waals surface area contributed by atoms with Crippen molar-refractivity contribution in [2.75, 3.05) is 5.43 Å². The summed E-state index contributed by atoms with van der Waals surface area (Å²) in [6.07, 6.45) is 1.83. The number of hydrogen-bond donors (Lipinski definition) is 3. The van der Waals surface area contributed by atoms with Crippen molar-refractivity contribution in [2.24, 2.45) is 5.84 Å². The smallest absolute Gasteiger partial charge is 0.294 e.